The molecule has 0 unspecified atom stereocenters. The lowest BCUT2D eigenvalue weighted by Gasteiger charge is -2.08. The Morgan fingerprint density at radius 2 is 1.43 bits per heavy atom. The largest absolute Gasteiger partial charge is 0.323 e. The number of hydrogen-bond donors (Lipinski definition) is 2. The van der Waals surface area contributed by atoms with Gasteiger partial charge in [0.15, 0.2) is 0 Å². The van der Waals surface area contributed by atoms with Gasteiger partial charge in [-0.2, -0.15) is 5.26 Å². The highest BCUT2D eigenvalue weighted by Crippen LogP contribution is 2.13. The molecule has 2 aromatic carbocycles. The lowest BCUT2D eigenvalue weighted by atomic mass is 10.1. The Morgan fingerprint density at radius 1 is 0.952 bits per heavy atom. The summed E-state index contributed by atoms with van der Waals surface area (Å²) >= 11 is 0. The monoisotopic (exact) mass is 279 g/mol. The lowest BCUT2D eigenvalue weighted by Crippen LogP contribution is -2.19. The fourth-order valence-corrected chi connectivity index (χ4v) is 1.91. The van der Waals surface area contributed by atoms with E-state index in [2.05, 4.69) is 23.6 Å². The first-order valence-electron chi connectivity index (χ1n) is 6.84. The Labute approximate surface area is 124 Å². The molecule has 0 aliphatic heterocycles. The van der Waals surface area contributed by atoms with Gasteiger partial charge in [-0.25, -0.2) is 4.79 Å². The lowest BCUT2D eigenvalue weighted by molar-refractivity contribution is 0.262. The van der Waals surface area contributed by atoms with Crippen LogP contribution in [0.4, 0.5) is 16.2 Å². The van der Waals surface area contributed by atoms with E-state index in [-0.39, 0.29) is 6.03 Å². The Morgan fingerprint density at radius 3 is 1.86 bits per heavy atom. The van der Waals surface area contributed by atoms with Gasteiger partial charge in [0, 0.05) is 11.4 Å². The molecule has 0 fully saturated rings. The van der Waals surface area contributed by atoms with Gasteiger partial charge in [-0.3, -0.25) is 0 Å². The highest BCUT2D eigenvalue weighted by molar-refractivity contribution is 5.99. The summed E-state index contributed by atoms with van der Waals surface area (Å²) in [5.41, 5.74) is 3.61. The number of carbonyl (C=O) groups excluding carboxylic acids is 1. The van der Waals surface area contributed by atoms with E-state index in [9.17, 15) is 4.79 Å². The highest BCUT2D eigenvalue weighted by Gasteiger charge is 2.02. The summed E-state index contributed by atoms with van der Waals surface area (Å²) in [6.07, 6.45) is 1.35. The summed E-state index contributed by atoms with van der Waals surface area (Å²) in [6.45, 7) is 2.09. The van der Waals surface area contributed by atoms with Crippen LogP contribution in [-0.4, -0.2) is 6.03 Å². The number of urea groups is 1. The van der Waals surface area contributed by atoms with Crippen LogP contribution in [0.15, 0.2) is 48.5 Å². The molecule has 2 rings (SSSR count). The predicted molar refractivity (Wildman–Crippen MR) is 84.2 cm³/mol. The number of nitriles is 1. The minimum atomic E-state index is -0.285. The molecule has 21 heavy (non-hydrogen) atoms. The molecule has 0 saturated carbocycles. The van der Waals surface area contributed by atoms with Gasteiger partial charge < -0.3 is 10.6 Å². The summed E-state index contributed by atoms with van der Waals surface area (Å²) in [5, 5.41) is 14.1. The third kappa shape index (κ3) is 4.36. The number of amides is 2. The van der Waals surface area contributed by atoms with E-state index in [0.717, 1.165) is 17.7 Å². The molecule has 0 bridgehead atoms. The maximum Gasteiger partial charge on any atom is 0.323 e. The molecule has 0 spiro atoms. The second kappa shape index (κ2) is 7.11. The van der Waals surface area contributed by atoms with Gasteiger partial charge in [-0.1, -0.05) is 31.2 Å². The summed E-state index contributed by atoms with van der Waals surface area (Å²) in [4.78, 5) is 11.9. The van der Waals surface area contributed by atoms with E-state index in [1.54, 1.807) is 12.1 Å². The molecule has 4 nitrogen and oxygen atoms in total. The number of nitrogens with one attached hydrogen (secondary N) is 2. The SMILES string of the molecule is CCc1ccc(NC(=O)Nc2ccc(CC#N)cc2)cc1. The molecule has 0 radical (unpaired) electrons. The normalized spacial score (nSPS) is 9.71. The minimum Gasteiger partial charge on any atom is -0.308 e. The van der Waals surface area contributed by atoms with E-state index in [1.807, 2.05) is 36.4 Å². The van der Waals surface area contributed by atoms with E-state index in [1.165, 1.54) is 5.56 Å². The number of anilines is 2. The van der Waals surface area contributed by atoms with Crippen LogP contribution in [0.1, 0.15) is 18.1 Å². The smallest absolute Gasteiger partial charge is 0.308 e. The predicted octanol–water partition coefficient (Wildman–Crippen LogP) is 3.96. The van der Waals surface area contributed by atoms with Crippen molar-refractivity contribution in [2.75, 3.05) is 10.6 Å². The summed E-state index contributed by atoms with van der Waals surface area (Å²) in [6, 6.07) is 16.8. The maximum atomic E-state index is 11.9. The molecule has 0 aromatic heterocycles. The first kappa shape index (κ1) is 14.6. The Bertz CT molecular complexity index is 639. The van der Waals surface area contributed by atoms with E-state index in [0.29, 0.717) is 12.1 Å². The van der Waals surface area contributed by atoms with Gasteiger partial charge in [-0.15, -0.1) is 0 Å². The zero-order valence-electron chi connectivity index (χ0n) is 11.9. The molecular weight excluding hydrogens is 262 g/mol. The van der Waals surface area contributed by atoms with E-state index in [4.69, 9.17) is 5.26 Å². The van der Waals surface area contributed by atoms with Crippen molar-refractivity contribution in [3.63, 3.8) is 0 Å². The van der Waals surface area contributed by atoms with E-state index < -0.39 is 0 Å². The summed E-state index contributed by atoms with van der Waals surface area (Å²) in [7, 11) is 0. The molecule has 0 atom stereocenters. The van der Waals surface area contributed by atoms with Crippen LogP contribution in [-0.2, 0) is 12.8 Å². The quantitative estimate of drug-likeness (QED) is 0.889. The average molecular weight is 279 g/mol. The number of hydrogen-bond acceptors (Lipinski definition) is 2. The van der Waals surface area contributed by atoms with E-state index >= 15 is 0 Å². The van der Waals surface area contributed by atoms with Gasteiger partial charge >= 0.3 is 6.03 Å². The molecule has 2 N–H and O–H groups in total. The molecule has 0 saturated heterocycles. The van der Waals surface area contributed by atoms with Crippen LogP contribution >= 0.6 is 0 Å². The van der Waals surface area contributed by atoms with Crippen molar-refractivity contribution in [3.8, 4) is 6.07 Å². The fourth-order valence-electron chi connectivity index (χ4n) is 1.91. The third-order valence-electron chi connectivity index (χ3n) is 3.12. The molecule has 0 heterocycles. The molecule has 0 aliphatic rings. The highest BCUT2D eigenvalue weighted by atomic mass is 16.2. The number of rotatable bonds is 4. The van der Waals surface area contributed by atoms with Crippen molar-refractivity contribution in [2.45, 2.75) is 19.8 Å². The van der Waals surface area contributed by atoms with Crippen LogP contribution in [0, 0.1) is 11.3 Å². The van der Waals surface area contributed by atoms with Crippen molar-refractivity contribution < 1.29 is 4.79 Å². The Hall–Kier alpha value is -2.80. The van der Waals surface area contributed by atoms with Gasteiger partial charge in [0.1, 0.15) is 0 Å². The number of nitrogens with zero attached hydrogens (tertiary/aromatic N) is 1. The van der Waals surface area contributed by atoms with Crippen molar-refractivity contribution >= 4 is 17.4 Å². The van der Waals surface area contributed by atoms with Crippen molar-refractivity contribution in [2.24, 2.45) is 0 Å². The van der Waals surface area contributed by atoms with Crippen LogP contribution < -0.4 is 10.6 Å². The third-order valence-corrected chi connectivity index (χ3v) is 3.12. The van der Waals surface area contributed by atoms with Crippen LogP contribution in [0.3, 0.4) is 0 Å². The zero-order valence-corrected chi connectivity index (χ0v) is 11.9. The Balaban J connectivity index is 1.93. The molecular formula is C17H17N3O. The van der Waals surface area contributed by atoms with Crippen LogP contribution in [0.25, 0.3) is 0 Å². The molecule has 106 valence electrons. The first-order chi connectivity index (χ1) is 10.2. The number of carbonyl (C=O) groups is 1. The van der Waals surface area contributed by atoms with Crippen molar-refractivity contribution in [1.82, 2.24) is 0 Å². The zero-order chi connectivity index (χ0) is 15.1. The standard InChI is InChI=1S/C17H17N3O/c1-2-13-3-7-15(8-4-13)19-17(21)20-16-9-5-14(6-10-16)11-12-18/h3-10H,2,11H2,1H3,(H2,19,20,21). The van der Waals surface area contributed by atoms with Gasteiger partial charge in [-0.05, 0) is 41.8 Å². The van der Waals surface area contributed by atoms with Crippen LogP contribution in [0.2, 0.25) is 0 Å². The molecule has 2 aromatic rings. The second-order valence-electron chi connectivity index (χ2n) is 4.66. The van der Waals surface area contributed by atoms with Crippen molar-refractivity contribution in [1.29, 1.82) is 5.26 Å². The molecule has 0 aliphatic carbocycles. The van der Waals surface area contributed by atoms with Gasteiger partial charge in [0.2, 0.25) is 0 Å². The maximum absolute atomic E-state index is 11.9. The van der Waals surface area contributed by atoms with Crippen molar-refractivity contribution in [3.05, 3.63) is 59.7 Å². The number of benzene rings is 2. The first-order valence-corrected chi connectivity index (χ1v) is 6.84. The fraction of sp³-hybridized carbons (Fsp3) is 0.176. The summed E-state index contributed by atoms with van der Waals surface area (Å²) in [5.74, 6) is 0. The van der Waals surface area contributed by atoms with Gasteiger partial charge in [0.25, 0.3) is 0 Å². The minimum absolute atomic E-state index is 0.285. The van der Waals surface area contributed by atoms with Crippen LogP contribution in [0.5, 0.6) is 0 Å². The topological polar surface area (TPSA) is 64.9 Å². The van der Waals surface area contributed by atoms with Gasteiger partial charge in [0.05, 0.1) is 12.5 Å². The second-order valence-corrected chi connectivity index (χ2v) is 4.66. The Kier molecular flexibility index (Phi) is 4.94. The summed E-state index contributed by atoms with van der Waals surface area (Å²) < 4.78 is 0. The molecule has 2 amide bonds. The number of aryl methyl sites for hydroxylation is 1. The average Bonchev–Trinajstić information content (AvgIpc) is 2.50. The molecule has 4 heteroatoms.